The Morgan fingerprint density at radius 2 is 1.73 bits per heavy atom. The summed E-state index contributed by atoms with van der Waals surface area (Å²) < 4.78 is 22.5. The summed E-state index contributed by atoms with van der Waals surface area (Å²) in [6, 6.07) is 13.1. The predicted octanol–water partition coefficient (Wildman–Crippen LogP) is 3.89. The first-order valence-electron chi connectivity index (χ1n) is 10.7. The standard InChI is InChI=1S/C24H32N2O4/c1-27-20-7-4-6-18(14-20)21-8-5-9-26(21)17-19-15-24(29-3)22(16-23(19)28-2)25-10-12-30-13-11-25/h4,6-7,14-16,21H,5,8-13,17H2,1-3H3. The molecule has 2 aliphatic heterocycles. The Morgan fingerprint density at radius 1 is 0.933 bits per heavy atom. The number of likely N-dealkylation sites (tertiary alicyclic amines) is 1. The zero-order chi connectivity index (χ0) is 20.9. The van der Waals surface area contributed by atoms with Gasteiger partial charge in [-0.25, -0.2) is 0 Å². The molecule has 2 fully saturated rings. The van der Waals surface area contributed by atoms with E-state index in [0.717, 1.165) is 74.3 Å². The van der Waals surface area contributed by atoms with Gasteiger partial charge in [0.05, 0.1) is 40.2 Å². The Bertz CT molecular complexity index is 851. The van der Waals surface area contributed by atoms with Gasteiger partial charge in [-0.15, -0.1) is 0 Å². The third kappa shape index (κ3) is 4.35. The highest BCUT2D eigenvalue weighted by molar-refractivity contribution is 5.64. The molecule has 1 atom stereocenters. The van der Waals surface area contributed by atoms with Crippen LogP contribution < -0.4 is 19.1 Å². The first-order chi connectivity index (χ1) is 14.7. The zero-order valence-electron chi connectivity index (χ0n) is 18.2. The Balaban J connectivity index is 1.59. The van der Waals surface area contributed by atoms with E-state index >= 15 is 0 Å². The van der Waals surface area contributed by atoms with Gasteiger partial charge >= 0.3 is 0 Å². The summed E-state index contributed by atoms with van der Waals surface area (Å²) in [5, 5.41) is 0. The number of morpholine rings is 1. The van der Waals surface area contributed by atoms with Gasteiger partial charge in [-0.3, -0.25) is 4.90 Å². The fourth-order valence-electron chi connectivity index (χ4n) is 4.58. The molecule has 0 aliphatic carbocycles. The van der Waals surface area contributed by atoms with Crippen LogP contribution in [0.15, 0.2) is 36.4 Å². The van der Waals surface area contributed by atoms with Crippen molar-refractivity contribution in [3.8, 4) is 17.2 Å². The Labute approximate surface area is 179 Å². The number of hydrogen-bond acceptors (Lipinski definition) is 6. The number of nitrogens with zero attached hydrogens (tertiary/aromatic N) is 2. The minimum absolute atomic E-state index is 0.384. The van der Waals surface area contributed by atoms with Crippen molar-refractivity contribution in [2.75, 3.05) is 59.1 Å². The number of rotatable bonds is 7. The van der Waals surface area contributed by atoms with Crippen LogP contribution in [0, 0.1) is 0 Å². The van der Waals surface area contributed by atoms with E-state index in [1.165, 1.54) is 12.0 Å². The van der Waals surface area contributed by atoms with Gasteiger partial charge in [0, 0.05) is 37.3 Å². The zero-order valence-corrected chi connectivity index (χ0v) is 18.2. The normalized spacial score (nSPS) is 19.7. The predicted molar refractivity (Wildman–Crippen MR) is 118 cm³/mol. The van der Waals surface area contributed by atoms with E-state index in [0.29, 0.717) is 6.04 Å². The highest BCUT2D eigenvalue weighted by Gasteiger charge is 2.28. The monoisotopic (exact) mass is 412 g/mol. The third-order valence-corrected chi connectivity index (χ3v) is 6.15. The molecule has 162 valence electrons. The van der Waals surface area contributed by atoms with Crippen LogP contribution in [0.5, 0.6) is 17.2 Å². The van der Waals surface area contributed by atoms with Gasteiger partial charge in [-0.1, -0.05) is 12.1 Å². The number of anilines is 1. The first-order valence-corrected chi connectivity index (χ1v) is 10.7. The molecule has 0 radical (unpaired) electrons. The van der Waals surface area contributed by atoms with E-state index in [4.69, 9.17) is 18.9 Å². The topological polar surface area (TPSA) is 43.4 Å². The van der Waals surface area contributed by atoms with E-state index in [1.54, 1.807) is 21.3 Å². The molecule has 0 amide bonds. The van der Waals surface area contributed by atoms with Crippen LogP contribution in [-0.4, -0.2) is 59.1 Å². The lowest BCUT2D eigenvalue weighted by molar-refractivity contribution is 0.122. The van der Waals surface area contributed by atoms with Gasteiger partial charge in [-0.2, -0.15) is 0 Å². The fraction of sp³-hybridized carbons (Fsp3) is 0.500. The molecular formula is C24H32N2O4. The Kier molecular flexibility index (Phi) is 6.65. The molecule has 2 aromatic rings. The van der Waals surface area contributed by atoms with Gasteiger partial charge in [0.25, 0.3) is 0 Å². The van der Waals surface area contributed by atoms with E-state index in [2.05, 4.69) is 40.1 Å². The average molecular weight is 413 g/mol. The third-order valence-electron chi connectivity index (χ3n) is 6.15. The summed E-state index contributed by atoms with van der Waals surface area (Å²) in [7, 11) is 5.21. The van der Waals surface area contributed by atoms with Gasteiger partial charge in [0.1, 0.15) is 17.2 Å². The van der Waals surface area contributed by atoms with Crippen molar-refractivity contribution in [1.29, 1.82) is 0 Å². The molecule has 0 spiro atoms. The van der Waals surface area contributed by atoms with Crippen molar-refractivity contribution < 1.29 is 18.9 Å². The van der Waals surface area contributed by atoms with Crippen LogP contribution in [0.4, 0.5) is 5.69 Å². The number of methoxy groups -OCH3 is 3. The molecule has 0 aromatic heterocycles. The first kappa shape index (κ1) is 20.8. The maximum atomic E-state index is 5.80. The molecule has 30 heavy (non-hydrogen) atoms. The van der Waals surface area contributed by atoms with Crippen LogP contribution in [0.2, 0.25) is 0 Å². The van der Waals surface area contributed by atoms with Crippen LogP contribution in [0.3, 0.4) is 0 Å². The summed E-state index contributed by atoms with van der Waals surface area (Å²) in [5.41, 5.74) is 3.54. The molecule has 0 bridgehead atoms. The van der Waals surface area contributed by atoms with Crippen molar-refractivity contribution >= 4 is 5.69 Å². The van der Waals surface area contributed by atoms with Gasteiger partial charge in [0.15, 0.2) is 0 Å². The second-order valence-electron chi connectivity index (χ2n) is 7.84. The molecule has 6 heteroatoms. The summed E-state index contributed by atoms with van der Waals surface area (Å²) in [6.07, 6.45) is 2.34. The highest BCUT2D eigenvalue weighted by atomic mass is 16.5. The second-order valence-corrected chi connectivity index (χ2v) is 7.84. The van der Waals surface area contributed by atoms with E-state index in [1.807, 2.05) is 6.07 Å². The molecule has 2 aliphatic rings. The van der Waals surface area contributed by atoms with Crippen LogP contribution in [-0.2, 0) is 11.3 Å². The van der Waals surface area contributed by atoms with Crippen molar-refractivity contribution in [2.45, 2.75) is 25.4 Å². The van der Waals surface area contributed by atoms with Crippen LogP contribution >= 0.6 is 0 Å². The van der Waals surface area contributed by atoms with Crippen LogP contribution in [0.25, 0.3) is 0 Å². The lowest BCUT2D eigenvalue weighted by atomic mass is 10.0. The second kappa shape index (κ2) is 9.58. The van der Waals surface area contributed by atoms with Crippen molar-refractivity contribution in [1.82, 2.24) is 4.90 Å². The molecule has 1 unspecified atom stereocenters. The molecule has 4 rings (SSSR count). The average Bonchev–Trinajstić information content (AvgIpc) is 3.27. The lowest BCUT2D eigenvalue weighted by Gasteiger charge is -2.31. The summed E-state index contributed by atoms with van der Waals surface area (Å²) in [5.74, 6) is 2.71. The number of ether oxygens (including phenoxy) is 4. The molecule has 2 saturated heterocycles. The maximum absolute atomic E-state index is 5.80. The van der Waals surface area contributed by atoms with Crippen molar-refractivity contribution in [3.05, 3.63) is 47.5 Å². The minimum Gasteiger partial charge on any atom is -0.497 e. The number of hydrogen-bond donors (Lipinski definition) is 0. The summed E-state index contributed by atoms with van der Waals surface area (Å²) >= 11 is 0. The van der Waals surface area contributed by atoms with Crippen molar-refractivity contribution in [2.24, 2.45) is 0 Å². The molecule has 6 nitrogen and oxygen atoms in total. The fourth-order valence-corrected chi connectivity index (χ4v) is 4.58. The van der Waals surface area contributed by atoms with E-state index < -0.39 is 0 Å². The molecule has 0 saturated carbocycles. The molecule has 2 heterocycles. The lowest BCUT2D eigenvalue weighted by Crippen LogP contribution is -2.36. The quantitative estimate of drug-likeness (QED) is 0.688. The highest BCUT2D eigenvalue weighted by Crippen LogP contribution is 2.40. The number of benzene rings is 2. The smallest absolute Gasteiger partial charge is 0.142 e. The summed E-state index contributed by atoms with van der Waals surface area (Å²) in [4.78, 5) is 4.84. The van der Waals surface area contributed by atoms with Crippen molar-refractivity contribution in [3.63, 3.8) is 0 Å². The van der Waals surface area contributed by atoms with Crippen LogP contribution in [0.1, 0.15) is 30.0 Å². The van der Waals surface area contributed by atoms with E-state index in [9.17, 15) is 0 Å². The molecular weight excluding hydrogens is 380 g/mol. The SMILES string of the molecule is COc1cccc(C2CCCN2Cc2cc(OC)c(N3CCOCC3)cc2OC)c1. The minimum atomic E-state index is 0.384. The largest absolute Gasteiger partial charge is 0.497 e. The maximum Gasteiger partial charge on any atom is 0.142 e. The Hall–Kier alpha value is -2.44. The van der Waals surface area contributed by atoms with Gasteiger partial charge < -0.3 is 23.8 Å². The Morgan fingerprint density at radius 3 is 2.47 bits per heavy atom. The molecule has 0 N–H and O–H groups in total. The summed E-state index contributed by atoms with van der Waals surface area (Å²) in [6.45, 7) is 5.10. The van der Waals surface area contributed by atoms with Gasteiger partial charge in [-0.05, 0) is 43.1 Å². The van der Waals surface area contributed by atoms with E-state index in [-0.39, 0.29) is 0 Å². The van der Waals surface area contributed by atoms with Gasteiger partial charge in [0.2, 0.25) is 0 Å². The molecule has 2 aromatic carbocycles.